The van der Waals surface area contributed by atoms with Crippen LogP contribution in [-0.2, 0) is 14.6 Å². The van der Waals surface area contributed by atoms with Crippen molar-refractivity contribution in [2.24, 2.45) is 0 Å². The van der Waals surface area contributed by atoms with Gasteiger partial charge < -0.3 is 14.8 Å². The molecule has 3 rings (SSSR count). The summed E-state index contributed by atoms with van der Waals surface area (Å²) in [4.78, 5) is 15.3. The fourth-order valence-electron chi connectivity index (χ4n) is 2.74. The molecule has 0 aliphatic carbocycles. The Kier molecular flexibility index (Phi) is 7.02. The Morgan fingerprint density at radius 3 is 2.42 bits per heavy atom. The van der Waals surface area contributed by atoms with Gasteiger partial charge in [0.25, 0.3) is 0 Å². The number of benzene rings is 2. The molecular weight excluding hydrogens is 461 g/mol. The summed E-state index contributed by atoms with van der Waals surface area (Å²) in [5, 5.41) is 2.58. The Morgan fingerprint density at radius 1 is 1.09 bits per heavy atom. The average molecular weight is 478 g/mol. The molecule has 0 unspecified atom stereocenters. The third-order valence-corrected chi connectivity index (χ3v) is 5.99. The topological polar surface area (TPSA) is 94.6 Å². The van der Waals surface area contributed by atoms with E-state index in [0.29, 0.717) is 5.69 Å². The highest BCUT2D eigenvalue weighted by atomic mass is 32.2. The first kappa shape index (κ1) is 23.8. The second kappa shape index (κ2) is 9.74. The van der Waals surface area contributed by atoms with Crippen molar-refractivity contribution >= 4 is 27.5 Å². The van der Waals surface area contributed by atoms with Gasteiger partial charge in [-0.1, -0.05) is 6.07 Å². The Morgan fingerprint density at radius 2 is 1.82 bits per heavy atom. The molecule has 0 aliphatic heterocycles. The van der Waals surface area contributed by atoms with Crippen LogP contribution in [0.3, 0.4) is 0 Å². The molecule has 2 aromatic carbocycles. The summed E-state index contributed by atoms with van der Waals surface area (Å²) in [6, 6.07) is 11.4. The first-order valence-corrected chi connectivity index (χ1v) is 10.7. The minimum atomic E-state index is -4.99. The number of amides is 1. The summed E-state index contributed by atoms with van der Waals surface area (Å²) >= 11 is 0. The van der Waals surface area contributed by atoms with Crippen molar-refractivity contribution in [1.29, 1.82) is 0 Å². The molecule has 3 aromatic rings. The van der Waals surface area contributed by atoms with E-state index in [0.717, 1.165) is 23.8 Å². The van der Waals surface area contributed by atoms with E-state index >= 15 is 0 Å². The van der Waals surface area contributed by atoms with Crippen LogP contribution in [-0.4, -0.2) is 32.8 Å². The zero-order valence-corrected chi connectivity index (χ0v) is 17.9. The molecule has 172 valence electrons. The SMILES string of the molecule is COc1ccc(OC(F)(F)F)cc1S(=O)(=O)c1ccc(NC(=O)C=Cc2cccnc2)cc1. The van der Waals surface area contributed by atoms with Crippen molar-refractivity contribution in [1.82, 2.24) is 4.98 Å². The van der Waals surface area contributed by atoms with E-state index in [1.165, 1.54) is 37.5 Å². The number of rotatable bonds is 7. The van der Waals surface area contributed by atoms with E-state index in [1.807, 2.05) is 0 Å². The molecule has 0 saturated carbocycles. The molecule has 1 N–H and O–H groups in total. The highest BCUT2D eigenvalue weighted by Crippen LogP contribution is 2.34. The lowest BCUT2D eigenvalue weighted by molar-refractivity contribution is -0.274. The van der Waals surface area contributed by atoms with Gasteiger partial charge in [0, 0.05) is 30.2 Å². The monoisotopic (exact) mass is 478 g/mol. The second-order valence-electron chi connectivity index (χ2n) is 6.50. The first-order valence-electron chi connectivity index (χ1n) is 9.26. The van der Waals surface area contributed by atoms with Crippen LogP contribution < -0.4 is 14.8 Å². The van der Waals surface area contributed by atoms with Crippen molar-refractivity contribution in [2.75, 3.05) is 12.4 Å². The van der Waals surface area contributed by atoms with E-state index in [1.54, 1.807) is 30.6 Å². The van der Waals surface area contributed by atoms with Crippen molar-refractivity contribution in [3.63, 3.8) is 0 Å². The first-order chi connectivity index (χ1) is 15.6. The predicted octanol–water partition coefficient (Wildman–Crippen LogP) is 4.47. The molecule has 0 bridgehead atoms. The van der Waals surface area contributed by atoms with Gasteiger partial charge in [-0.2, -0.15) is 0 Å². The fraction of sp³-hybridized carbons (Fsp3) is 0.0909. The van der Waals surface area contributed by atoms with Crippen LogP contribution >= 0.6 is 0 Å². The van der Waals surface area contributed by atoms with Crippen molar-refractivity contribution < 1.29 is 35.9 Å². The third-order valence-electron chi connectivity index (χ3n) is 4.20. The number of methoxy groups -OCH3 is 1. The summed E-state index contributed by atoms with van der Waals surface area (Å²) in [6.07, 6.45) is 1.04. The summed E-state index contributed by atoms with van der Waals surface area (Å²) in [5.41, 5.74) is 1.04. The van der Waals surface area contributed by atoms with Crippen molar-refractivity contribution in [3.05, 3.63) is 78.6 Å². The number of alkyl halides is 3. The molecule has 0 radical (unpaired) electrons. The van der Waals surface area contributed by atoms with E-state index in [9.17, 15) is 26.4 Å². The normalized spacial score (nSPS) is 11.9. The number of pyridine rings is 1. The largest absolute Gasteiger partial charge is 0.573 e. The third kappa shape index (κ3) is 6.32. The number of nitrogens with zero attached hydrogens (tertiary/aromatic N) is 1. The smallest absolute Gasteiger partial charge is 0.495 e. The lowest BCUT2D eigenvalue weighted by Gasteiger charge is -2.14. The highest BCUT2D eigenvalue weighted by Gasteiger charge is 2.32. The van der Waals surface area contributed by atoms with Crippen LogP contribution in [0.15, 0.2) is 82.9 Å². The maximum Gasteiger partial charge on any atom is 0.573 e. The number of hydrogen-bond acceptors (Lipinski definition) is 6. The molecule has 1 heterocycles. The minimum Gasteiger partial charge on any atom is -0.495 e. The number of aromatic nitrogens is 1. The molecule has 0 spiro atoms. The maximum absolute atomic E-state index is 13.0. The van der Waals surface area contributed by atoms with Crippen LogP contribution in [0.2, 0.25) is 0 Å². The average Bonchev–Trinajstić information content (AvgIpc) is 2.77. The quantitative estimate of drug-likeness (QED) is 0.504. The predicted molar refractivity (Wildman–Crippen MR) is 113 cm³/mol. The lowest BCUT2D eigenvalue weighted by atomic mass is 10.2. The standard InChI is InChI=1S/C22H17F3N2O5S/c1-31-19-10-7-17(32-22(23,24)25)13-20(19)33(29,30)18-8-5-16(6-9-18)27-21(28)11-4-15-3-2-12-26-14-15/h2-14H,1H3,(H,27,28). The molecule has 1 aromatic heterocycles. The summed E-state index contributed by atoms with van der Waals surface area (Å²) < 4.78 is 72.4. The Labute approximate surface area is 187 Å². The summed E-state index contributed by atoms with van der Waals surface area (Å²) in [6.45, 7) is 0. The Bertz CT molecular complexity index is 1260. The number of halogens is 3. The second-order valence-corrected chi connectivity index (χ2v) is 8.42. The fourth-order valence-corrected chi connectivity index (χ4v) is 4.17. The molecule has 7 nitrogen and oxygen atoms in total. The zero-order valence-electron chi connectivity index (χ0n) is 17.0. The number of nitrogens with one attached hydrogen (secondary N) is 1. The number of sulfone groups is 1. The molecule has 0 fully saturated rings. The van der Waals surface area contributed by atoms with E-state index in [2.05, 4.69) is 15.0 Å². The van der Waals surface area contributed by atoms with Gasteiger partial charge in [-0.25, -0.2) is 8.42 Å². The number of hydrogen-bond donors (Lipinski definition) is 1. The number of ether oxygens (including phenoxy) is 2. The van der Waals surface area contributed by atoms with Crippen molar-refractivity contribution in [3.8, 4) is 11.5 Å². The van der Waals surface area contributed by atoms with Crippen LogP contribution in [0.4, 0.5) is 18.9 Å². The molecule has 33 heavy (non-hydrogen) atoms. The Hall–Kier alpha value is -3.86. The van der Waals surface area contributed by atoms with E-state index < -0.39 is 32.8 Å². The molecule has 0 aliphatic rings. The van der Waals surface area contributed by atoms with Gasteiger partial charge in [0.2, 0.25) is 15.7 Å². The van der Waals surface area contributed by atoms with Crippen LogP contribution in [0.1, 0.15) is 5.56 Å². The van der Waals surface area contributed by atoms with Gasteiger partial charge in [-0.15, -0.1) is 13.2 Å². The summed E-state index contributed by atoms with van der Waals surface area (Å²) in [5.74, 6) is -1.30. The molecule has 11 heteroatoms. The number of carbonyl (C=O) groups excluding carboxylic acids is 1. The van der Waals surface area contributed by atoms with Crippen LogP contribution in [0.5, 0.6) is 11.5 Å². The van der Waals surface area contributed by atoms with Gasteiger partial charge in [-0.05, 0) is 54.1 Å². The van der Waals surface area contributed by atoms with Gasteiger partial charge >= 0.3 is 6.36 Å². The van der Waals surface area contributed by atoms with Gasteiger partial charge in [0.15, 0.2) is 0 Å². The Balaban J connectivity index is 1.80. The molecular formula is C22H17F3N2O5S. The number of anilines is 1. The molecule has 0 atom stereocenters. The van der Waals surface area contributed by atoms with E-state index in [4.69, 9.17) is 4.74 Å². The zero-order chi connectivity index (χ0) is 24.1. The lowest BCUT2D eigenvalue weighted by Crippen LogP contribution is -2.17. The minimum absolute atomic E-state index is 0.151. The maximum atomic E-state index is 13.0. The van der Waals surface area contributed by atoms with E-state index in [-0.39, 0.29) is 10.6 Å². The molecule has 1 amide bonds. The van der Waals surface area contributed by atoms with Gasteiger partial charge in [0.05, 0.1) is 12.0 Å². The van der Waals surface area contributed by atoms with Crippen LogP contribution in [0, 0.1) is 0 Å². The van der Waals surface area contributed by atoms with Crippen molar-refractivity contribution in [2.45, 2.75) is 16.2 Å². The van der Waals surface area contributed by atoms with Gasteiger partial charge in [0.1, 0.15) is 16.4 Å². The van der Waals surface area contributed by atoms with Crippen LogP contribution in [0.25, 0.3) is 6.08 Å². The number of carbonyl (C=O) groups is 1. The summed E-state index contributed by atoms with van der Waals surface area (Å²) in [7, 11) is -3.07. The van der Waals surface area contributed by atoms with Gasteiger partial charge in [-0.3, -0.25) is 9.78 Å². The highest BCUT2D eigenvalue weighted by molar-refractivity contribution is 7.91. The molecule has 0 saturated heterocycles.